The van der Waals surface area contributed by atoms with Crippen molar-refractivity contribution in [3.8, 4) is 0 Å². The maximum atomic E-state index is 13.4. The van der Waals surface area contributed by atoms with Crippen LogP contribution in [0.25, 0.3) is 0 Å². The van der Waals surface area contributed by atoms with Gasteiger partial charge in [-0.25, -0.2) is 0 Å². The van der Waals surface area contributed by atoms with Gasteiger partial charge in [-0.15, -0.1) is 17.9 Å². The molecule has 0 radical (unpaired) electrons. The van der Waals surface area contributed by atoms with Gasteiger partial charge in [0.25, 0.3) is 0 Å². The molecule has 0 unspecified atom stereocenters. The van der Waals surface area contributed by atoms with Crippen molar-refractivity contribution in [3.05, 3.63) is 69.9 Å². The van der Waals surface area contributed by atoms with Gasteiger partial charge in [-0.05, 0) is 41.8 Å². The monoisotopic (exact) mass is 410 g/mol. The maximum absolute atomic E-state index is 13.4. The van der Waals surface area contributed by atoms with E-state index >= 15 is 0 Å². The van der Waals surface area contributed by atoms with Crippen LogP contribution in [0, 0.1) is 12.8 Å². The molecule has 1 aromatic heterocycles. The SMILES string of the molecule is C=CCN(CC(=O)N1CCc2sccc2[C@H]1c1ccc(C)cc1)C(=O)CC(C)C. The lowest BCUT2D eigenvalue weighted by Gasteiger charge is -2.37. The fraction of sp³-hybridized carbons (Fsp3) is 0.417. The number of thiophene rings is 1. The van der Waals surface area contributed by atoms with Crippen LogP contribution in [-0.4, -0.2) is 41.2 Å². The van der Waals surface area contributed by atoms with E-state index in [2.05, 4.69) is 49.2 Å². The summed E-state index contributed by atoms with van der Waals surface area (Å²) in [4.78, 5) is 30.9. The summed E-state index contributed by atoms with van der Waals surface area (Å²) in [5.74, 6) is 0.258. The lowest BCUT2D eigenvalue weighted by Crippen LogP contribution is -2.47. The minimum Gasteiger partial charge on any atom is -0.330 e. The zero-order valence-electron chi connectivity index (χ0n) is 17.6. The molecule has 154 valence electrons. The summed E-state index contributed by atoms with van der Waals surface area (Å²) in [5, 5.41) is 2.11. The Labute approximate surface area is 177 Å². The summed E-state index contributed by atoms with van der Waals surface area (Å²) in [5.41, 5.74) is 3.53. The van der Waals surface area contributed by atoms with Crippen LogP contribution in [0.2, 0.25) is 0 Å². The molecular weight excluding hydrogens is 380 g/mol. The van der Waals surface area contributed by atoms with E-state index in [0.29, 0.717) is 19.5 Å². The third kappa shape index (κ3) is 4.96. The van der Waals surface area contributed by atoms with E-state index in [1.165, 1.54) is 16.0 Å². The first-order chi connectivity index (χ1) is 13.9. The summed E-state index contributed by atoms with van der Waals surface area (Å²) in [6.07, 6.45) is 3.00. The van der Waals surface area contributed by atoms with Gasteiger partial charge in [0.2, 0.25) is 11.8 Å². The molecule has 2 aromatic rings. The van der Waals surface area contributed by atoms with Crippen molar-refractivity contribution in [2.45, 2.75) is 39.7 Å². The zero-order chi connectivity index (χ0) is 21.0. The Balaban J connectivity index is 1.86. The highest BCUT2D eigenvalue weighted by Gasteiger charge is 2.33. The van der Waals surface area contributed by atoms with Gasteiger partial charge in [-0.2, -0.15) is 0 Å². The van der Waals surface area contributed by atoms with Crippen molar-refractivity contribution in [2.24, 2.45) is 5.92 Å². The Morgan fingerprint density at radius 3 is 2.66 bits per heavy atom. The van der Waals surface area contributed by atoms with E-state index in [4.69, 9.17) is 0 Å². The molecule has 29 heavy (non-hydrogen) atoms. The molecular formula is C24H30N2O2S. The lowest BCUT2D eigenvalue weighted by atomic mass is 9.92. The Hall–Kier alpha value is -2.40. The number of hydrogen-bond donors (Lipinski definition) is 0. The smallest absolute Gasteiger partial charge is 0.243 e. The second kappa shape index (κ2) is 9.40. The Morgan fingerprint density at radius 1 is 1.28 bits per heavy atom. The van der Waals surface area contributed by atoms with Crippen LogP contribution in [0.3, 0.4) is 0 Å². The molecule has 5 heteroatoms. The molecule has 1 aliphatic rings. The summed E-state index contributed by atoms with van der Waals surface area (Å²) >= 11 is 1.76. The van der Waals surface area contributed by atoms with Gasteiger partial charge in [-0.3, -0.25) is 9.59 Å². The molecule has 3 rings (SSSR count). The number of carbonyl (C=O) groups is 2. The molecule has 0 N–H and O–H groups in total. The van der Waals surface area contributed by atoms with E-state index < -0.39 is 0 Å². The van der Waals surface area contributed by atoms with Crippen molar-refractivity contribution in [3.63, 3.8) is 0 Å². The van der Waals surface area contributed by atoms with Crippen LogP contribution >= 0.6 is 11.3 Å². The van der Waals surface area contributed by atoms with Crippen molar-refractivity contribution < 1.29 is 9.59 Å². The molecule has 1 atom stereocenters. The largest absolute Gasteiger partial charge is 0.330 e. The van der Waals surface area contributed by atoms with Gasteiger partial charge in [-0.1, -0.05) is 49.8 Å². The predicted molar refractivity (Wildman–Crippen MR) is 119 cm³/mol. The first-order valence-electron chi connectivity index (χ1n) is 10.2. The molecule has 1 aromatic carbocycles. The van der Waals surface area contributed by atoms with Crippen LogP contribution in [0.5, 0.6) is 0 Å². The van der Waals surface area contributed by atoms with Gasteiger partial charge >= 0.3 is 0 Å². The minimum atomic E-state index is -0.0936. The molecule has 0 aliphatic carbocycles. The maximum Gasteiger partial charge on any atom is 0.243 e. The first kappa shape index (κ1) is 21.3. The van der Waals surface area contributed by atoms with E-state index in [1.54, 1.807) is 22.3 Å². The molecule has 0 fully saturated rings. The Morgan fingerprint density at radius 2 is 2.00 bits per heavy atom. The predicted octanol–water partition coefficient (Wildman–Crippen LogP) is 4.59. The number of hydrogen-bond acceptors (Lipinski definition) is 3. The summed E-state index contributed by atoms with van der Waals surface area (Å²) < 4.78 is 0. The van der Waals surface area contributed by atoms with Crippen LogP contribution in [-0.2, 0) is 16.0 Å². The average molecular weight is 411 g/mol. The van der Waals surface area contributed by atoms with Crippen molar-refractivity contribution in [1.29, 1.82) is 0 Å². The molecule has 1 aliphatic heterocycles. The van der Waals surface area contributed by atoms with E-state index in [0.717, 1.165) is 12.0 Å². The van der Waals surface area contributed by atoms with Crippen LogP contribution in [0.1, 0.15) is 47.9 Å². The van der Waals surface area contributed by atoms with Crippen molar-refractivity contribution in [1.82, 2.24) is 9.80 Å². The second-order valence-electron chi connectivity index (χ2n) is 8.11. The van der Waals surface area contributed by atoms with Gasteiger partial charge in [0.1, 0.15) is 6.54 Å². The highest BCUT2D eigenvalue weighted by atomic mass is 32.1. The number of nitrogens with zero attached hydrogens (tertiary/aromatic N) is 2. The van der Waals surface area contributed by atoms with Gasteiger partial charge in [0, 0.05) is 24.4 Å². The zero-order valence-corrected chi connectivity index (χ0v) is 18.4. The van der Waals surface area contributed by atoms with Gasteiger partial charge < -0.3 is 9.80 Å². The molecule has 2 heterocycles. The van der Waals surface area contributed by atoms with E-state index in [9.17, 15) is 9.59 Å². The third-order valence-electron chi connectivity index (χ3n) is 5.29. The third-order valence-corrected chi connectivity index (χ3v) is 6.29. The molecule has 0 saturated heterocycles. The number of benzene rings is 1. The highest BCUT2D eigenvalue weighted by molar-refractivity contribution is 7.10. The quantitative estimate of drug-likeness (QED) is 0.626. The van der Waals surface area contributed by atoms with Crippen molar-refractivity contribution >= 4 is 23.2 Å². The minimum absolute atomic E-state index is 0.00775. The number of fused-ring (bicyclic) bond motifs is 1. The standard InChI is InChI=1S/C24H30N2O2S/c1-5-12-25(22(27)15-17(2)3)16-23(28)26-13-10-21-20(11-14-29-21)24(26)19-8-6-18(4)7-9-19/h5-9,11,14,17,24H,1,10,12-13,15-16H2,2-4H3/t24-/m1/s1. The second-order valence-corrected chi connectivity index (χ2v) is 9.11. The summed E-state index contributed by atoms with van der Waals surface area (Å²) in [6, 6.07) is 10.4. The average Bonchev–Trinajstić information content (AvgIpc) is 3.16. The van der Waals surface area contributed by atoms with Gasteiger partial charge in [0.15, 0.2) is 0 Å². The summed E-state index contributed by atoms with van der Waals surface area (Å²) in [7, 11) is 0. The topological polar surface area (TPSA) is 40.6 Å². The Bertz CT molecular complexity index is 869. The van der Waals surface area contributed by atoms with Crippen LogP contribution < -0.4 is 0 Å². The van der Waals surface area contributed by atoms with E-state index in [-0.39, 0.29) is 30.3 Å². The number of amides is 2. The molecule has 0 saturated carbocycles. The number of rotatable bonds is 7. The molecule has 4 nitrogen and oxygen atoms in total. The number of aryl methyl sites for hydroxylation is 1. The molecule has 2 amide bonds. The van der Waals surface area contributed by atoms with Crippen LogP contribution in [0.4, 0.5) is 0 Å². The fourth-order valence-electron chi connectivity index (χ4n) is 3.84. The van der Waals surface area contributed by atoms with Crippen molar-refractivity contribution in [2.75, 3.05) is 19.6 Å². The number of carbonyl (C=O) groups excluding carboxylic acids is 2. The van der Waals surface area contributed by atoms with Gasteiger partial charge in [0.05, 0.1) is 6.04 Å². The summed E-state index contributed by atoms with van der Waals surface area (Å²) in [6.45, 7) is 11.0. The fourth-order valence-corrected chi connectivity index (χ4v) is 4.74. The van der Waals surface area contributed by atoms with E-state index in [1.807, 2.05) is 18.7 Å². The Kier molecular flexibility index (Phi) is 6.91. The first-order valence-corrected chi connectivity index (χ1v) is 11.1. The molecule has 0 spiro atoms. The lowest BCUT2D eigenvalue weighted by molar-refractivity contribution is -0.141. The normalized spacial score (nSPS) is 15.9. The van der Waals surface area contributed by atoms with Crippen LogP contribution in [0.15, 0.2) is 48.4 Å². The highest BCUT2D eigenvalue weighted by Crippen LogP contribution is 2.38. The molecule has 0 bridgehead atoms.